The van der Waals surface area contributed by atoms with Crippen LogP contribution in [0.15, 0.2) is 42.0 Å². The molecule has 2 aromatic heterocycles. The highest BCUT2D eigenvalue weighted by Crippen LogP contribution is 2.20. The maximum Gasteiger partial charge on any atom is 0.260 e. The van der Waals surface area contributed by atoms with Crippen molar-refractivity contribution in [1.82, 2.24) is 19.7 Å². The predicted molar refractivity (Wildman–Crippen MR) is 114 cm³/mol. The van der Waals surface area contributed by atoms with E-state index in [1.807, 2.05) is 17.5 Å². The number of ether oxygens (including phenoxy) is 1. The van der Waals surface area contributed by atoms with Crippen molar-refractivity contribution in [3.05, 3.63) is 58.3 Å². The van der Waals surface area contributed by atoms with E-state index in [1.54, 1.807) is 23.0 Å². The number of carbonyl (C=O) groups is 1. The zero-order valence-electron chi connectivity index (χ0n) is 16.2. The van der Waals surface area contributed by atoms with E-state index < -0.39 is 0 Å². The second-order valence-corrected chi connectivity index (χ2v) is 8.49. The molecule has 7 nitrogen and oxygen atoms in total. The highest BCUT2D eigenvalue weighted by Gasteiger charge is 2.23. The summed E-state index contributed by atoms with van der Waals surface area (Å²) in [7, 11) is 0. The molecule has 0 saturated carbocycles. The molecular weight excluding hydrogens is 410 g/mol. The zero-order valence-corrected chi connectivity index (χ0v) is 17.8. The van der Waals surface area contributed by atoms with Crippen molar-refractivity contribution in [1.29, 1.82) is 0 Å². The average molecular weight is 432 g/mol. The quantitative estimate of drug-likeness (QED) is 0.664. The largest absolute Gasteiger partial charge is 0.373 e. The molecule has 9 heteroatoms. The Morgan fingerprint density at radius 3 is 2.72 bits per heavy atom. The van der Waals surface area contributed by atoms with Crippen molar-refractivity contribution >= 4 is 34.0 Å². The normalized spacial score (nSPS) is 20.0. The molecule has 1 N–H and O–H groups in total. The summed E-state index contributed by atoms with van der Waals surface area (Å²) in [5.74, 6) is -0.236. The fourth-order valence-electron chi connectivity index (χ4n) is 3.42. The number of aromatic nitrogens is 3. The van der Waals surface area contributed by atoms with Gasteiger partial charge in [-0.05, 0) is 38.1 Å². The lowest BCUT2D eigenvalue weighted by Gasteiger charge is -2.34. The number of hydrogen-bond acceptors (Lipinski definition) is 6. The number of carbonyl (C=O) groups excluding carboxylic acids is 1. The number of amides is 1. The van der Waals surface area contributed by atoms with Crippen LogP contribution in [0.1, 0.15) is 29.9 Å². The standard InChI is InChI=1S/C20H22ClN5O2S/c1-13-8-25(9-14(2)28-13)11-17-12-29-20(23-17)24-19(27)15-7-22-26(10-15)18-5-3-16(21)4-6-18/h3-7,10,12-14H,8-9,11H2,1-2H3,(H,23,24,27)/t13-,14-/m1/s1. The Hall–Kier alpha value is -2.26. The first-order valence-corrected chi connectivity index (χ1v) is 10.7. The van der Waals surface area contributed by atoms with Crippen LogP contribution in [0, 0.1) is 0 Å². The molecule has 152 valence electrons. The third-order valence-corrected chi connectivity index (χ3v) is 5.65. The molecule has 3 aromatic rings. The van der Waals surface area contributed by atoms with E-state index in [-0.39, 0.29) is 18.1 Å². The van der Waals surface area contributed by atoms with Gasteiger partial charge in [0, 0.05) is 36.2 Å². The van der Waals surface area contributed by atoms with Gasteiger partial charge in [0.25, 0.3) is 5.91 Å². The van der Waals surface area contributed by atoms with Crippen LogP contribution in [0.3, 0.4) is 0 Å². The van der Waals surface area contributed by atoms with Crippen molar-refractivity contribution in [2.75, 3.05) is 18.4 Å². The Morgan fingerprint density at radius 2 is 2.00 bits per heavy atom. The van der Waals surface area contributed by atoms with E-state index in [9.17, 15) is 4.79 Å². The van der Waals surface area contributed by atoms with Crippen LogP contribution in [0.5, 0.6) is 0 Å². The van der Waals surface area contributed by atoms with E-state index in [0.717, 1.165) is 31.0 Å². The second kappa shape index (κ2) is 8.62. The van der Waals surface area contributed by atoms with Crippen LogP contribution in [-0.2, 0) is 11.3 Å². The molecule has 29 heavy (non-hydrogen) atoms. The summed E-state index contributed by atoms with van der Waals surface area (Å²) in [5.41, 5.74) is 2.25. The molecule has 3 heterocycles. The van der Waals surface area contributed by atoms with E-state index in [0.29, 0.717) is 15.7 Å². The number of nitrogens with zero attached hydrogens (tertiary/aromatic N) is 4. The van der Waals surface area contributed by atoms with Crippen LogP contribution in [0.4, 0.5) is 5.13 Å². The van der Waals surface area contributed by atoms with Gasteiger partial charge in [-0.2, -0.15) is 5.10 Å². The Bertz CT molecular complexity index is 977. The maximum atomic E-state index is 12.6. The second-order valence-electron chi connectivity index (χ2n) is 7.20. The summed E-state index contributed by atoms with van der Waals surface area (Å²) in [4.78, 5) is 19.4. The van der Waals surface area contributed by atoms with Crippen LogP contribution in [0.2, 0.25) is 5.02 Å². The first kappa shape index (κ1) is 20.0. The number of benzene rings is 1. The molecule has 1 aliphatic rings. The van der Waals surface area contributed by atoms with E-state index in [4.69, 9.17) is 16.3 Å². The molecule has 1 saturated heterocycles. The molecule has 0 radical (unpaired) electrons. The number of halogens is 1. The maximum absolute atomic E-state index is 12.6. The van der Waals surface area contributed by atoms with Gasteiger partial charge in [-0.3, -0.25) is 15.0 Å². The minimum atomic E-state index is -0.236. The molecule has 0 spiro atoms. The minimum Gasteiger partial charge on any atom is -0.373 e. The van der Waals surface area contributed by atoms with Gasteiger partial charge in [-0.25, -0.2) is 9.67 Å². The topological polar surface area (TPSA) is 72.3 Å². The number of anilines is 1. The van der Waals surface area contributed by atoms with Crippen molar-refractivity contribution in [3.8, 4) is 5.69 Å². The molecule has 1 aromatic carbocycles. The van der Waals surface area contributed by atoms with Gasteiger partial charge in [0.15, 0.2) is 5.13 Å². The Labute approximate surface area is 178 Å². The van der Waals surface area contributed by atoms with Gasteiger partial charge < -0.3 is 4.74 Å². The molecule has 4 rings (SSSR count). The van der Waals surface area contributed by atoms with Crippen LogP contribution >= 0.6 is 22.9 Å². The fourth-order valence-corrected chi connectivity index (χ4v) is 4.25. The lowest BCUT2D eigenvalue weighted by atomic mass is 10.2. The number of thiazole rings is 1. The summed E-state index contributed by atoms with van der Waals surface area (Å²) in [6, 6.07) is 7.26. The fraction of sp³-hybridized carbons (Fsp3) is 0.350. The van der Waals surface area contributed by atoms with Gasteiger partial charge in [0.2, 0.25) is 0 Å². The molecule has 1 amide bonds. The van der Waals surface area contributed by atoms with Crippen LogP contribution < -0.4 is 5.32 Å². The van der Waals surface area contributed by atoms with Crippen molar-refractivity contribution < 1.29 is 9.53 Å². The van der Waals surface area contributed by atoms with Crippen molar-refractivity contribution in [2.45, 2.75) is 32.6 Å². The van der Waals surface area contributed by atoms with Crippen molar-refractivity contribution in [3.63, 3.8) is 0 Å². The van der Waals surface area contributed by atoms with Gasteiger partial charge in [0.1, 0.15) is 0 Å². The molecule has 1 fully saturated rings. The van der Waals surface area contributed by atoms with Crippen molar-refractivity contribution in [2.24, 2.45) is 0 Å². The predicted octanol–water partition coefficient (Wildman–Crippen LogP) is 3.84. The number of hydrogen-bond donors (Lipinski definition) is 1. The van der Waals surface area contributed by atoms with Crippen LogP contribution in [0.25, 0.3) is 5.69 Å². The summed E-state index contributed by atoms with van der Waals surface area (Å²) < 4.78 is 7.41. The monoisotopic (exact) mass is 431 g/mol. The van der Waals surface area contributed by atoms with Gasteiger partial charge in [0.05, 0.1) is 35.3 Å². The first-order chi connectivity index (χ1) is 14.0. The molecule has 1 aliphatic heterocycles. The van der Waals surface area contributed by atoms with Crippen LogP contribution in [-0.4, -0.2) is 50.9 Å². The van der Waals surface area contributed by atoms with Gasteiger partial charge in [-0.15, -0.1) is 11.3 Å². The summed E-state index contributed by atoms with van der Waals surface area (Å²) in [6.45, 7) is 6.68. The van der Waals surface area contributed by atoms with Gasteiger partial charge in [-0.1, -0.05) is 11.6 Å². The molecular formula is C20H22ClN5O2S. The average Bonchev–Trinajstić information content (AvgIpc) is 3.31. The summed E-state index contributed by atoms with van der Waals surface area (Å²) >= 11 is 7.34. The smallest absolute Gasteiger partial charge is 0.260 e. The van der Waals surface area contributed by atoms with E-state index in [1.165, 1.54) is 17.5 Å². The van der Waals surface area contributed by atoms with Gasteiger partial charge >= 0.3 is 0 Å². The van der Waals surface area contributed by atoms with E-state index >= 15 is 0 Å². The third kappa shape index (κ3) is 5.02. The summed E-state index contributed by atoms with van der Waals surface area (Å²) in [6.07, 6.45) is 3.65. The lowest BCUT2D eigenvalue weighted by molar-refractivity contribution is -0.0707. The third-order valence-electron chi connectivity index (χ3n) is 4.59. The number of rotatable bonds is 5. The SMILES string of the molecule is C[C@@H]1CN(Cc2csc(NC(=O)c3cnn(-c4ccc(Cl)cc4)c3)n2)C[C@@H](C)O1. The molecule has 0 unspecified atom stereocenters. The first-order valence-electron chi connectivity index (χ1n) is 9.40. The molecule has 0 aliphatic carbocycles. The van der Waals surface area contributed by atoms with E-state index in [2.05, 4.69) is 34.1 Å². The number of nitrogens with one attached hydrogen (secondary N) is 1. The Balaban J connectivity index is 1.37. The minimum absolute atomic E-state index is 0.216. The Kier molecular flexibility index (Phi) is 5.96. The highest BCUT2D eigenvalue weighted by atomic mass is 35.5. The number of morpholine rings is 1. The molecule has 0 bridgehead atoms. The summed E-state index contributed by atoms with van der Waals surface area (Å²) in [5, 5.41) is 10.3. The Morgan fingerprint density at radius 1 is 1.28 bits per heavy atom. The molecule has 2 atom stereocenters. The zero-order chi connectivity index (χ0) is 20.4. The highest BCUT2D eigenvalue weighted by molar-refractivity contribution is 7.13. The lowest BCUT2D eigenvalue weighted by Crippen LogP contribution is -2.44.